The highest BCUT2D eigenvalue weighted by atomic mass is 19.5. The van der Waals surface area contributed by atoms with E-state index in [9.17, 15) is 17.3 Å². The van der Waals surface area contributed by atoms with Crippen LogP contribution < -0.4 is 19.8 Å². The molecule has 1 heterocycles. The molecule has 0 fully saturated rings. The fourth-order valence-corrected chi connectivity index (χ4v) is 3.09. The van der Waals surface area contributed by atoms with E-state index >= 15 is 0 Å². The van der Waals surface area contributed by atoms with Gasteiger partial charge in [0.25, 0.3) is 0 Å². The average Bonchev–Trinajstić information content (AvgIpc) is 2.79. The first-order chi connectivity index (χ1) is 15.8. The molecule has 33 heavy (non-hydrogen) atoms. The molecule has 0 bridgehead atoms. The summed E-state index contributed by atoms with van der Waals surface area (Å²) in [6, 6.07) is 25.8. The molecular formula is C24H22BF4NO3. The van der Waals surface area contributed by atoms with Crippen molar-refractivity contribution in [3.8, 4) is 22.8 Å². The van der Waals surface area contributed by atoms with Gasteiger partial charge >= 0.3 is 7.25 Å². The summed E-state index contributed by atoms with van der Waals surface area (Å²) in [4.78, 5) is 3.51. The van der Waals surface area contributed by atoms with E-state index in [-0.39, 0.29) is 0 Å². The molecule has 0 saturated heterocycles. The maximum Gasteiger partial charge on any atom is 0.673 e. The highest BCUT2D eigenvalue weighted by Gasteiger charge is 2.20. The van der Waals surface area contributed by atoms with Gasteiger partial charge in [0.15, 0.2) is 0 Å². The minimum atomic E-state index is -6.00. The summed E-state index contributed by atoms with van der Waals surface area (Å²) in [6.45, 7) is 2.63. The van der Waals surface area contributed by atoms with Gasteiger partial charge in [0.1, 0.15) is 22.8 Å². The van der Waals surface area contributed by atoms with Crippen LogP contribution in [0.2, 0.25) is 0 Å². The Morgan fingerprint density at radius 2 is 1.45 bits per heavy atom. The minimum Gasteiger partial charge on any atom is -0.497 e. The number of methoxy groups -OCH3 is 1. The van der Waals surface area contributed by atoms with Gasteiger partial charge < -0.3 is 31.2 Å². The lowest BCUT2D eigenvalue weighted by Gasteiger charge is -2.04. The number of benzene rings is 3. The number of nitrogens with one attached hydrogen (secondary N) is 1. The van der Waals surface area contributed by atoms with Crippen LogP contribution in [0.4, 0.5) is 23.0 Å². The molecule has 1 aromatic heterocycles. The van der Waals surface area contributed by atoms with E-state index in [1.807, 2.05) is 85.8 Å². The Bertz CT molecular complexity index is 1250. The number of para-hydroxylation sites is 1. The zero-order valence-electron chi connectivity index (χ0n) is 18.0. The highest BCUT2D eigenvalue weighted by Crippen LogP contribution is 2.24. The van der Waals surface area contributed by atoms with Crippen LogP contribution in [-0.4, -0.2) is 21.0 Å². The van der Waals surface area contributed by atoms with Crippen LogP contribution in [-0.2, 0) is 0 Å². The van der Waals surface area contributed by atoms with Gasteiger partial charge in [-0.1, -0.05) is 12.1 Å². The fraction of sp³-hybridized carbons (Fsp3) is 0.125. The third-order valence-electron chi connectivity index (χ3n) is 4.49. The molecule has 0 aliphatic carbocycles. The highest BCUT2D eigenvalue weighted by molar-refractivity contribution is 6.50. The van der Waals surface area contributed by atoms with Crippen molar-refractivity contribution < 1.29 is 36.1 Å². The Morgan fingerprint density at radius 3 is 2.06 bits per heavy atom. The van der Waals surface area contributed by atoms with Crippen molar-refractivity contribution in [2.75, 3.05) is 13.7 Å². The first-order valence-electron chi connectivity index (χ1n) is 10.1. The maximum absolute atomic E-state index is 9.75. The van der Waals surface area contributed by atoms with Gasteiger partial charge in [-0.2, -0.15) is 0 Å². The number of hydrogen-bond donors (Lipinski definition) is 1. The van der Waals surface area contributed by atoms with Gasteiger partial charge in [0, 0.05) is 17.7 Å². The number of halogens is 4. The number of fused-ring (bicyclic) bond motifs is 1. The van der Waals surface area contributed by atoms with Gasteiger partial charge in [-0.25, -0.2) is 4.99 Å². The van der Waals surface area contributed by atoms with Crippen LogP contribution in [0.15, 0.2) is 83.3 Å². The number of ether oxygens (including phenoxy) is 2. The van der Waals surface area contributed by atoms with E-state index in [4.69, 9.17) is 13.9 Å². The van der Waals surface area contributed by atoms with Gasteiger partial charge in [-0.3, -0.25) is 0 Å². The molecule has 4 aromatic rings. The van der Waals surface area contributed by atoms with Gasteiger partial charge in [0.2, 0.25) is 11.0 Å². The smallest absolute Gasteiger partial charge is 0.497 e. The van der Waals surface area contributed by atoms with E-state index in [1.54, 1.807) is 7.11 Å². The third-order valence-corrected chi connectivity index (χ3v) is 4.49. The molecule has 0 amide bonds. The molecule has 0 spiro atoms. The Kier molecular flexibility index (Phi) is 7.76. The second-order valence-corrected chi connectivity index (χ2v) is 6.83. The van der Waals surface area contributed by atoms with Crippen LogP contribution in [0.3, 0.4) is 0 Å². The van der Waals surface area contributed by atoms with Crippen LogP contribution in [0.1, 0.15) is 6.92 Å². The standard InChI is InChI=1S/C24H21NO3.BF4/c1-3-27-20-14-10-18(11-15-20)25-22-16-24(17-8-12-19(26-2)13-9-17)28-23-7-5-4-6-21(22)23;2-1(3,4)5/h4-16H,3H2,1-2H3;/q;-1/p+1. The Morgan fingerprint density at radius 1 is 0.848 bits per heavy atom. The molecule has 0 aliphatic rings. The molecule has 172 valence electrons. The summed E-state index contributed by atoms with van der Waals surface area (Å²) < 4.78 is 55.9. The van der Waals surface area contributed by atoms with Crippen molar-refractivity contribution in [1.29, 1.82) is 0 Å². The van der Waals surface area contributed by atoms with Crippen LogP contribution in [0, 0.1) is 0 Å². The molecule has 0 radical (unpaired) electrons. The molecular weight excluding hydrogens is 437 g/mol. The molecule has 1 N–H and O–H groups in total. The van der Waals surface area contributed by atoms with Gasteiger partial charge in [-0.15, -0.1) is 0 Å². The van der Waals surface area contributed by atoms with Crippen molar-refractivity contribution in [1.82, 2.24) is 0 Å². The van der Waals surface area contributed by atoms with Crippen molar-refractivity contribution >= 4 is 23.9 Å². The van der Waals surface area contributed by atoms with Crippen molar-refractivity contribution in [3.05, 3.63) is 84.2 Å². The van der Waals surface area contributed by atoms with E-state index in [0.29, 0.717) is 6.61 Å². The van der Waals surface area contributed by atoms with E-state index in [2.05, 4.69) is 4.99 Å². The zero-order chi connectivity index (χ0) is 23.8. The van der Waals surface area contributed by atoms with E-state index < -0.39 is 7.25 Å². The normalized spacial score (nSPS) is 11.6. The summed E-state index contributed by atoms with van der Waals surface area (Å²) >= 11 is 0. The summed E-state index contributed by atoms with van der Waals surface area (Å²) in [5.74, 6) is 2.46. The maximum atomic E-state index is 9.75. The summed E-state index contributed by atoms with van der Waals surface area (Å²) in [5, 5.41) is 2.01. The number of rotatable bonds is 5. The minimum absolute atomic E-state index is 0.656. The molecule has 0 atom stereocenters. The predicted octanol–water partition coefficient (Wildman–Crippen LogP) is 5.12. The summed E-state index contributed by atoms with van der Waals surface area (Å²) in [7, 11) is -4.34. The van der Waals surface area contributed by atoms with Crippen LogP contribution in [0.5, 0.6) is 11.5 Å². The van der Waals surface area contributed by atoms with E-state index in [0.717, 1.165) is 44.8 Å². The lowest BCUT2D eigenvalue weighted by Crippen LogP contribution is -2.70. The average molecular weight is 459 g/mol. The number of hydrogen-bond acceptors (Lipinski definition) is 3. The first kappa shape index (κ1) is 23.9. The molecule has 0 unspecified atom stereocenters. The van der Waals surface area contributed by atoms with E-state index in [1.165, 1.54) is 0 Å². The SMILES string of the molecule is CCOc1ccc([NH+]=c2cc(-c3ccc(OC)cc3)oc3ccccc23)cc1.F[B-](F)(F)F. The van der Waals surface area contributed by atoms with Crippen LogP contribution >= 0.6 is 0 Å². The molecule has 9 heteroatoms. The largest absolute Gasteiger partial charge is 0.673 e. The Balaban J connectivity index is 0.000000555. The van der Waals surface area contributed by atoms with Crippen LogP contribution in [0.25, 0.3) is 22.3 Å². The quantitative estimate of drug-likeness (QED) is 0.333. The van der Waals surface area contributed by atoms with Crippen molar-refractivity contribution in [3.63, 3.8) is 0 Å². The second kappa shape index (κ2) is 10.7. The lowest BCUT2D eigenvalue weighted by atomic mass is 10.1. The fourth-order valence-electron chi connectivity index (χ4n) is 3.09. The van der Waals surface area contributed by atoms with Crippen molar-refractivity contribution in [2.45, 2.75) is 6.92 Å². The Labute approximate surface area is 188 Å². The molecule has 3 aromatic carbocycles. The topological polar surface area (TPSA) is 45.6 Å². The third kappa shape index (κ3) is 7.13. The predicted molar refractivity (Wildman–Crippen MR) is 120 cm³/mol. The summed E-state index contributed by atoms with van der Waals surface area (Å²) in [6.07, 6.45) is 0. The molecule has 0 aliphatic heterocycles. The first-order valence-corrected chi connectivity index (χ1v) is 10.1. The molecule has 4 rings (SSSR count). The van der Waals surface area contributed by atoms with Gasteiger partial charge in [0.05, 0.1) is 25.2 Å². The Hall–Kier alpha value is -3.75. The zero-order valence-corrected chi connectivity index (χ0v) is 18.0. The monoisotopic (exact) mass is 459 g/mol. The second-order valence-electron chi connectivity index (χ2n) is 6.83. The summed E-state index contributed by atoms with van der Waals surface area (Å²) in [5.41, 5.74) is 2.80. The van der Waals surface area contributed by atoms with Crippen molar-refractivity contribution in [2.24, 2.45) is 0 Å². The lowest BCUT2D eigenvalue weighted by molar-refractivity contribution is -0.400. The molecule has 0 saturated carbocycles. The molecule has 4 nitrogen and oxygen atoms in total. The van der Waals surface area contributed by atoms with Gasteiger partial charge in [-0.05, 0) is 55.5 Å².